The van der Waals surface area contributed by atoms with E-state index in [0.717, 1.165) is 16.7 Å². The number of carbonyl (C=O) groups is 1. The normalized spacial score (nSPS) is 24.8. The van der Waals surface area contributed by atoms with Gasteiger partial charge >= 0.3 is 5.97 Å². The molecule has 1 unspecified atom stereocenters. The molecule has 1 atom stereocenters. The second-order valence-corrected chi connectivity index (χ2v) is 7.17. The van der Waals surface area contributed by atoms with Gasteiger partial charge in [0.1, 0.15) is 0 Å². The maximum atomic E-state index is 11.1. The van der Waals surface area contributed by atoms with Crippen LogP contribution in [0.1, 0.15) is 56.9 Å². The fourth-order valence-electron chi connectivity index (χ4n) is 3.14. The molecule has 0 bridgehead atoms. The first-order chi connectivity index (χ1) is 9.56. The first-order valence-electron chi connectivity index (χ1n) is 7.57. The number of rotatable bonds is 6. The highest BCUT2D eigenvalue weighted by molar-refractivity contribution is 7.10. The van der Waals surface area contributed by atoms with Gasteiger partial charge in [-0.1, -0.05) is 19.9 Å². The van der Waals surface area contributed by atoms with E-state index in [4.69, 9.17) is 5.11 Å². The molecule has 0 aromatic carbocycles. The van der Waals surface area contributed by atoms with Gasteiger partial charge in [0.25, 0.3) is 0 Å². The Kier molecular flexibility index (Phi) is 5.61. The molecule has 3 nitrogen and oxygen atoms in total. The van der Waals surface area contributed by atoms with E-state index in [9.17, 15) is 4.79 Å². The predicted molar refractivity (Wildman–Crippen MR) is 83.0 cm³/mol. The molecule has 1 aliphatic carbocycles. The largest absolute Gasteiger partial charge is 0.481 e. The van der Waals surface area contributed by atoms with E-state index < -0.39 is 5.97 Å². The third kappa shape index (κ3) is 4.32. The van der Waals surface area contributed by atoms with Crippen LogP contribution in [0.3, 0.4) is 0 Å². The van der Waals surface area contributed by atoms with Gasteiger partial charge < -0.3 is 10.4 Å². The topological polar surface area (TPSA) is 49.3 Å². The highest BCUT2D eigenvalue weighted by Crippen LogP contribution is 2.32. The highest BCUT2D eigenvalue weighted by atomic mass is 32.1. The van der Waals surface area contributed by atoms with Crippen LogP contribution in [0.2, 0.25) is 0 Å². The van der Waals surface area contributed by atoms with Gasteiger partial charge in [0.2, 0.25) is 0 Å². The van der Waals surface area contributed by atoms with Crippen molar-refractivity contribution in [2.75, 3.05) is 0 Å². The smallest absolute Gasteiger partial charge is 0.305 e. The molecule has 2 N–H and O–H groups in total. The third-order valence-electron chi connectivity index (χ3n) is 4.42. The first kappa shape index (κ1) is 15.5. The Balaban J connectivity index is 1.91. The molecule has 112 valence electrons. The van der Waals surface area contributed by atoms with Gasteiger partial charge in [-0.05, 0) is 49.0 Å². The molecular weight excluding hydrogens is 270 g/mol. The standard InChI is InChI=1S/C16H25NO2S/c1-11(2)12-5-7-13(8-6-12)17-14(10-16(18)19)15-4-3-9-20-15/h3-4,9,11-14,17H,5-8,10H2,1-2H3,(H,18,19). The lowest BCUT2D eigenvalue weighted by atomic mass is 9.79. The second kappa shape index (κ2) is 7.23. The molecule has 1 saturated carbocycles. The van der Waals surface area contributed by atoms with Gasteiger partial charge in [0, 0.05) is 10.9 Å². The van der Waals surface area contributed by atoms with E-state index in [1.165, 1.54) is 25.7 Å². The van der Waals surface area contributed by atoms with Crippen LogP contribution in [-0.2, 0) is 4.79 Å². The van der Waals surface area contributed by atoms with Crippen molar-refractivity contribution in [1.29, 1.82) is 0 Å². The first-order valence-corrected chi connectivity index (χ1v) is 8.45. The number of carboxylic acids is 1. The molecule has 0 spiro atoms. The summed E-state index contributed by atoms with van der Waals surface area (Å²) in [4.78, 5) is 12.2. The number of carboxylic acid groups (broad SMARTS) is 1. The average Bonchev–Trinajstić information content (AvgIpc) is 2.92. The quantitative estimate of drug-likeness (QED) is 0.831. The highest BCUT2D eigenvalue weighted by Gasteiger charge is 2.26. The fraction of sp³-hybridized carbons (Fsp3) is 0.688. The van der Waals surface area contributed by atoms with Crippen molar-refractivity contribution in [2.45, 2.75) is 58.0 Å². The van der Waals surface area contributed by atoms with Crippen molar-refractivity contribution < 1.29 is 9.90 Å². The van der Waals surface area contributed by atoms with Crippen molar-refractivity contribution in [1.82, 2.24) is 5.32 Å². The summed E-state index contributed by atoms with van der Waals surface area (Å²) in [6.45, 7) is 4.61. The summed E-state index contributed by atoms with van der Waals surface area (Å²) in [5.74, 6) is 0.877. The third-order valence-corrected chi connectivity index (χ3v) is 5.40. The molecule has 1 fully saturated rings. The lowest BCUT2D eigenvalue weighted by molar-refractivity contribution is -0.137. The summed E-state index contributed by atoms with van der Waals surface area (Å²) < 4.78 is 0. The molecule has 1 aliphatic rings. The average molecular weight is 295 g/mol. The molecule has 0 amide bonds. The van der Waals surface area contributed by atoms with Crippen LogP contribution < -0.4 is 5.32 Å². The molecule has 0 aliphatic heterocycles. The minimum atomic E-state index is -0.730. The maximum absolute atomic E-state index is 11.1. The number of hydrogen-bond donors (Lipinski definition) is 2. The minimum Gasteiger partial charge on any atom is -0.481 e. The summed E-state index contributed by atoms with van der Waals surface area (Å²) in [5, 5.41) is 14.7. The van der Waals surface area contributed by atoms with Gasteiger partial charge in [0.15, 0.2) is 0 Å². The Labute approximate surface area is 125 Å². The van der Waals surface area contributed by atoms with Crippen LogP contribution in [-0.4, -0.2) is 17.1 Å². The molecule has 1 aromatic heterocycles. The lowest BCUT2D eigenvalue weighted by Crippen LogP contribution is -2.37. The van der Waals surface area contributed by atoms with Gasteiger partial charge in [-0.25, -0.2) is 0 Å². The van der Waals surface area contributed by atoms with Gasteiger partial charge in [-0.15, -0.1) is 11.3 Å². The second-order valence-electron chi connectivity index (χ2n) is 6.19. The molecule has 0 saturated heterocycles. The van der Waals surface area contributed by atoms with Crippen LogP contribution in [0, 0.1) is 11.8 Å². The summed E-state index contributed by atoms with van der Waals surface area (Å²) in [7, 11) is 0. The summed E-state index contributed by atoms with van der Waals surface area (Å²) in [6, 6.07) is 4.46. The fourth-order valence-corrected chi connectivity index (χ4v) is 3.93. The number of aliphatic carboxylic acids is 1. The lowest BCUT2D eigenvalue weighted by Gasteiger charge is -2.33. The molecule has 1 heterocycles. The van der Waals surface area contributed by atoms with Crippen molar-refractivity contribution in [3.8, 4) is 0 Å². The molecular formula is C16H25NO2S. The van der Waals surface area contributed by atoms with E-state index in [1.807, 2.05) is 17.5 Å². The maximum Gasteiger partial charge on any atom is 0.305 e. The van der Waals surface area contributed by atoms with Gasteiger partial charge in [-0.3, -0.25) is 4.79 Å². The number of thiophene rings is 1. The Morgan fingerprint density at radius 2 is 2.10 bits per heavy atom. The Hall–Kier alpha value is -0.870. The van der Waals surface area contributed by atoms with Crippen LogP contribution in [0.15, 0.2) is 17.5 Å². The number of nitrogens with one attached hydrogen (secondary N) is 1. The SMILES string of the molecule is CC(C)C1CCC(NC(CC(=O)O)c2cccs2)CC1. The minimum absolute atomic E-state index is 0.0342. The van der Waals surface area contributed by atoms with Crippen molar-refractivity contribution in [2.24, 2.45) is 11.8 Å². The molecule has 1 aromatic rings. The molecule has 4 heteroatoms. The Bertz CT molecular complexity index is 408. The van der Waals surface area contributed by atoms with Crippen molar-refractivity contribution >= 4 is 17.3 Å². The monoisotopic (exact) mass is 295 g/mol. The van der Waals surface area contributed by atoms with Crippen LogP contribution in [0.25, 0.3) is 0 Å². The van der Waals surface area contributed by atoms with Crippen LogP contribution >= 0.6 is 11.3 Å². The molecule has 2 rings (SSSR count). The zero-order valence-corrected chi connectivity index (χ0v) is 13.2. The zero-order valence-electron chi connectivity index (χ0n) is 12.3. The summed E-state index contributed by atoms with van der Waals surface area (Å²) in [6.07, 6.45) is 5.04. The molecule has 20 heavy (non-hydrogen) atoms. The Morgan fingerprint density at radius 1 is 1.40 bits per heavy atom. The zero-order chi connectivity index (χ0) is 14.5. The van der Waals surface area contributed by atoms with E-state index in [2.05, 4.69) is 19.2 Å². The van der Waals surface area contributed by atoms with E-state index in [1.54, 1.807) is 11.3 Å². The summed E-state index contributed by atoms with van der Waals surface area (Å²) >= 11 is 1.64. The van der Waals surface area contributed by atoms with Crippen molar-refractivity contribution in [3.05, 3.63) is 22.4 Å². The van der Waals surface area contributed by atoms with E-state index in [0.29, 0.717) is 6.04 Å². The summed E-state index contributed by atoms with van der Waals surface area (Å²) in [5.41, 5.74) is 0. The Morgan fingerprint density at radius 3 is 2.60 bits per heavy atom. The van der Waals surface area contributed by atoms with E-state index >= 15 is 0 Å². The van der Waals surface area contributed by atoms with Crippen LogP contribution in [0.5, 0.6) is 0 Å². The van der Waals surface area contributed by atoms with E-state index in [-0.39, 0.29) is 12.5 Å². The van der Waals surface area contributed by atoms with Crippen LogP contribution in [0.4, 0.5) is 0 Å². The van der Waals surface area contributed by atoms with Gasteiger partial charge in [-0.2, -0.15) is 0 Å². The van der Waals surface area contributed by atoms with Crippen molar-refractivity contribution in [3.63, 3.8) is 0 Å². The van der Waals surface area contributed by atoms with Gasteiger partial charge in [0.05, 0.1) is 12.5 Å². The molecule has 0 radical (unpaired) electrons. The predicted octanol–water partition coefficient (Wildman–Crippen LogP) is 4.07. The number of hydrogen-bond acceptors (Lipinski definition) is 3.